The summed E-state index contributed by atoms with van der Waals surface area (Å²) in [5.74, 6) is 0.102. The van der Waals surface area contributed by atoms with E-state index in [9.17, 15) is 24.2 Å². The van der Waals surface area contributed by atoms with E-state index in [0.717, 1.165) is 45.1 Å². The van der Waals surface area contributed by atoms with Gasteiger partial charge >= 0.3 is 181 Å². The van der Waals surface area contributed by atoms with Crippen molar-refractivity contribution in [3.05, 3.63) is 0 Å². The molecule has 0 aromatic carbocycles. The second-order valence-corrected chi connectivity index (χ2v) is 14.4. The predicted octanol–water partition coefficient (Wildman–Crippen LogP) is 1.47. The van der Waals surface area contributed by atoms with E-state index < -0.39 is 29.2 Å². The van der Waals surface area contributed by atoms with Crippen LogP contribution in [0.15, 0.2) is 0 Å². The van der Waals surface area contributed by atoms with E-state index in [4.69, 9.17) is 0 Å². The van der Waals surface area contributed by atoms with Crippen molar-refractivity contribution in [2.45, 2.75) is 75.6 Å². The molecule has 2 rings (SSSR count). The van der Waals surface area contributed by atoms with Crippen LogP contribution in [0.2, 0.25) is 4.71 Å². The normalized spacial score (nSPS) is 25.2. The molecule has 2 fully saturated rings. The zero-order chi connectivity index (χ0) is 21.4. The van der Waals surface area contributed by atoms with Gasteiger partial charge < -0.3 is 0 Å². The van der Waals surface area contributed by atoms with Gasteiger partial charge in [0.2, 0.25) is 0 Å². The molecule has 9 heteroatoms. The molecule has 168 valence electrons. The minimum atomic E-state index is -3.41. The standard InChI is InChI=1S/C20H38AsN2O5P/c1-14(2)18(21-19(25)17-9-6-10-22-17)20(26)23-11-16(24)13-29(27,28)12-15-7-4-3-5-8-15/h14-18,21-22,24H,3-13H2,1-2H3,(H,23,26)(H,27,28). The second-order valence-electron chi connectivity index (χ2n) is 8.99. The topological polar surface area (TPSA) is 116 Å². The monoisotopic (exact) mass is 492 g/mol. The van der Waals surface area contributed by atoms with Gasteiger partial charge in [-0.05, 0) is 0 Å². The Labute approximate surface area is 181 Å². The summed E-state index contributed by atoms with van der Waals surface area (Å²) in [6.45, 7) is 4.69. The molecule has 0 spiro atoms. The van der Waals surface area contributed by atoms with Crippen LogP contribution in [0.5, 0.6) is 0 Å². The van der Waals surface area contributed by atoms with Crippen LogP contribution in [-0.4, -0.2) is 73.8 Å². The number of amides is 1. The van der Waals surface area contributed by atoms with E-state index in [2.05, 4.69) is 10.6 Å². The van der Waals surface area contributed by atoms with Gasteiger partial charge in [0.15, 0.2) is 0 Å². The summed E-state index contributed by atoms with van der Waals surface area (Å²) in [5.41, 5.74) is 0. The summed E-state index contributed by atoms with van der Waals surface area (Å²) in [4.78, 5) is 35.4. The molecule has 0 bridgehead atoms. The summed E-state index contributed by atoms with van der Waals surface area (Å²) in [7, 11) is -3.41. The van der Waals surface area contributed by atoms with Crippen molar-refractivity contribution in [2.24, 2.45) is 11.8 Å². The summed E-state index contributed by atoms with van der Waals surface area (Å²) in [6.07, 6.45) is 6.27. The van der Waals surface area contributed by atoms with E-state index in [-0.39, 0.29) is 51.9 Å². The summed E-state index contributed by atoms with van der Waals surface area (Å²) < 4.78 is 12.4. The Bertz CT molecular complexity index is 591. The fraction of sp³-hybridized carbons (Fsp3) is 0.900. The van der Waals surface area contributed by atoms with Gasteiger partial charge in [0.1, 0.15) is 0 Å². The van der Waals surface area contributed by atoms with Crippen molar-refractivity contribution in [2.75, 3.05) is 25.4 Å². The Hall–Kier alpha value is -0.192. The van der Waals surface area contributed by atoms with E-state index in [1.165, 1.54) is 6.42 Å². The van der Waals surface area contributed by atoms with Crippen molar-refractivity contribution < 1.29 is 24.2 Å². The number of rotatable bonds is 11. The fourth-order valence-corrected chi connectivity index (χ4v) is 9.15. The third-order valence-electron chi connectivity index (χ3n) is 5.90. The first kappa shape index (κ1) is 25.1. The SMILES string of the molecule is CC(C)C([AsH]C(=O)C1CCCN1)C(=O)NCC(O)CP(=O)(O)CC1CCCCC1. The molecule has 1 aliphatic carbocycles. The average molecular weight is 492 g/mol. The van der Waals surface area contributed by atoms with Crippen molar-refractivity contribution in [3.63, 3.8) is 0 Å². The molecule has 0 aromatic rings. The first-order valence-electron chi connectivity index (χ1n) is 11.0. The predicted molar refractivity (Wildman–Crippen MR) is 117 cm³/mol. The summed E-state index contributed by atoms with van der Waals surface area (Å²) >= 11 is -1.13. The molecule has 1 aliphatic heterocycles. The van der Waals surface area contributed by atoms with Crippen LogP contribution >= 0.6 is 7.37 Å². The molecule has 5 unspecified atom stereocenters. The first-order chi connectivity index (χ1) is 13.7. The number of nitrogens with one attached hydrogen (secondary N) is 2. The Morgan fingerprint density at radius 2 is 1.86 bits per heavy atom. The molecule has 7 nitrogen and oxygen atoms in total. The number of hydrogen-bond donors (Lipinski definition) is 4. The maximum atomic E-state index is 12.6. The van der Waals surface area contributed by atoms with Gasteiger partial charge in [0.05, 0.1) is 0 Å². The Kier molecular flexibility index (Phi) is 10.4. The number of carbonyl (C=O) groups excluding carboxylic acids is 2. The van der Waals surface area contributed by atoms with E-state index in [1.807, 2.05) is 13.8 Å². The van der Waals surface area contributed by atoms with E-state index in [1.54, 1.807) is 0 Å². The molecule has 29 heavy (non-hydrogen) atoms. The molecule has 0 radical (unpaired) electrons. The van der Waals surface area contributed by atoms with Gasteiger partial charge in [-0.25, -0.2) is 0 Å². The van der Waals surface area contributed by atoms with Crippen molar-refractivity contribution >= 4 is 33.6 Å². The van der Waals surface area contributed by atoms with Crippen molar-refractivity contribution in [1.82, 2.24) is 10.6 Å². The van der Waals surface area contributed by atoms with Crippen LogP contribution < -0.4 is 10.6 Å². The average Bonchev–Trinajstić information content (AvgIpc) is 3.18. The molecule has 1 amide bonds. The Balaban J connectivity index is 1.78. The quantitative estimate of drug-likeness (QED) is 0.257. The molecular weight excluding hydrogens is 454 g/mol. The second kappa shape index (κ2) is 12.0. The van der Waals surface area contributed by atoms with Crippen molar-refractivity contribution in [3.8, 4) is 0 Å². The Morgan fingerprint density at radius 1 is 1.17 bits per heavy atom. The van der Waals surface area contributed by atoms with Gasteiger partial charge in [0, 0.05) is 0 Å². The minimum absolute atomic E-state index is 0.0424. The molecule has 1 saturated heterocycles. The van der Waals surface area contributed by atoms with E-state index >= 15 is 0 Å². The van der Waals surface area contributed by atoms with Crippen LogP contribution in [0.4, 0.5) is 0 Å². The van der Waals surface area contributed by atoms with Crippen LogP contribution in [0, 0.1) is 11.8 Å². The number of hydrogen-bond acceptors (Lipinski definition) is 5. The fourth-order valence-electron chi connectivity index (χ4n) is 4.27. The molecule has 4 N–H and O–H groups in total. The van der Waals surface area contributed by atoms with Gasteiger partial charge in [-0.2, -0.15) is 0 Å². The summed E-state index contributed by atoms with van der Waals surface area (Å²) in [6, 6.07) is -0.102. The molecular formula is C20H38AsN2O5P. The number of aliphatic hydroxyl groups is 1. The molecule has 1 heterocycles. The molecule has 1 saturated carbocycles. The number of carbonyl (C=O) groups is 2. The van der Waals surface area contributed by atoms with Gasteiger partial charge in [-0.15, -0.1) is 0 Å². The van der Waals surface area contributed by atoms with Crippen LogP contribution in [0.1, 0.15) is 58.8 Å². The zero-order valence-corrected chi connectivity index (χ0v) is 20.7. The van der Waals surface area contributed by atoms with Gasteiger partial charge in [-0.3, -0.25) is 0 Å². The van der Waals surface area contributed by atoms with Crippen LogP contribution in [-0.2, 0) is 14.2 Å². The first-order valence-corrected chi connectivity index (χ1v) is 15.3. The number of aliphatic hydroxyl groups excluding tert-OH is 1. The Morgan fingerprint density at radius 3 is 2.45 bits per heavy atom. The third kappa shape index (κ3) is 8.83. The molecule has 5 atom stereocenters. The van der Waals surface area contributed by atoms with Crippen LogP contribution in [0.3, 0.4) is 0 Å². The zero-order valence-electron chi connectivity index (χ0n) is 17.7. The third-order valence-corrected chi connectivity index (χ3v) is 11.9. The molecule has 0 aromatic heterocycles. The van der Waals surface area contributed by atoms with Gasteiger partial charge in [-0.1, -0.05) is 0 Å². The maximum absolute atomic E-state index is 12.6. The summed E-state index contributed by atoms with van der Waals surface area (Å²) in [5, 5.41) is 16.1. The molecule has 2 aliphatic rings. The van der Waals surface area contributed by atoms with Gasteiger partial charge in [0.25, 0.3) is 0 Å². The van der Waals surface area contributed by atoms with Crippen molar-refractivity contribution in [1.29, 1.82) is 0 Å². The van der Waals surface area contributed by atoms with E-state index in [0.29, 0.717) is 0 Å². The van der Waals surface area contributed by atoms with Crippen LogP contribution in [0.25, 0.3) is 0 Å².